The van der Waals surface area contributed by atoms with Crippen LogP contribution in [0.2, 0.25) is 0 Å². The highest BCUT2D eigenvalue weighted by Gasteiger charge is 2.51. The first-order valence-corrected chi connectivity index (χ1v) is 10.6. The van der Waals surface area contributed by atoms with E-state index in [2.05, 4.69) is 19.1 Å². The van der Waals surface area contributed by atoms with Gasteiger partial charge in [0.05, 0.1) is 18.1 Å². The molecule has 1 aromatic carbocycles. The fourth-order valence-corrected chi connectivity index (χ4v) is 4.66. The second-order valence-corrected chi connectivity index (χ2v) is 8.85. The normalized spacial score (nSPS) is 27.4. The number of carboxylic acids is 2. The molecule has 0 unspecified atom stereocenters. The fraction of sp³-hybridized carbons (Fsp3) is 0.652. The Kier molecular flexibility index (Phi) is 6.52. The number of carboxylic acid groups (broad SMARTS) is 2. The maximum Gasteiger partial charge on any atom is 0.309 e. The number of unbranched alkanes of at least 4 members (excludes halogenated alkanes) is 1. The molecule has 2 N–H and O–H groups in total. The van der Waals surface area contributed by atoms with E-state index < -0.39 is 29.6 Å². The predicted octanol–water partition coefficient (Wildman–Crippen LogP) is 4.60. The number of carbonyl (C=O) groups is 2. The Morgan fingerprint density at radius 2 is 1.97 bits per heavy atom. The standard InChI is InChI=1S/C23H32O6/c1-4-5-7-14-10-11-19-15(12-14)21-17(23(2,3)29-19)13-16(22(26)27)18(28-21)8-6-9-20(24)25/h10-12,16-18,21H,4-9,13H2,1-3H3,(H,24,25)(H,26,27)/t16-,17+,18+,21-/m1/s1. The van der Waals surface area contributed by atoms with Gasteiger partial charge in [-0.2, -0.15) is 0 Å². The van der Waals surface area contributed by atoms with Gasteiger partial charge in [0.2, 0.25) is 0 Å². The Morgan fingerprint density at radius 1 is 1.21 bits per heavy atom. The highest BCUT2D eigenvalue weighted by molar-refractivity contribution is 5.71. The smallest absolute Gasteiger partial charge is 0.309 e. The van der Waals surface area contributed by atoms with Crippen molar-refractivity contribution in [2.75, 3.05) is 0 Å². The molecule has 0 aliphatic carbocycles. The van der Waals surface area contributed by atoms with Crippen molar-refractivity contribution < 1.29 is 29.3 Å². The second kappa shape index (κ2) is 8.74. The lowest BCUT2D eigenvalue weighted by atomic mass is 9.71. The van der Waals surface area contributed by atoms with E-state index in [4.69, 9.17) is 14.6 Å². The van der Waals surface area contributed by atoms with Gasteiger partial charge >= 0.3 is 11.9 Å². The molecule has 29 heavy (non-hydrogen) atoms. The summed E-state index contributed by atoms with van der Waals surface area (Å²) < 4.78 is 12.7. The molecule has 0 bridgehead atoms. The lowest BCUT2D eigenvalue weighted by Crippen LogP contribution is -2.52. The SMILES string of the molecule is CCCCc1ccc2c(c1)[C@H]1O[C@@H](CCCC(=O)O)[C@H](C(=O)O)C[C@@H]1C(C)(C)O2. The van der Waals surface area contributed by atoms with Crippen LogP contribution in [0.3, 0.4) is 0 Å². The van der Waals surface area contributed by atoms with E-state index in [1.807, 2.05) is 19.9 Å². The largest absolute Gasteiger partial charge is 0.487 e. The molecule has 1 fully saturated rings. The molecule has 2 aliphatic rings. The van der Waals surface area contributed by atoms with Gasteiger partial charge in [0.1, 0.15) is 11.4 Å². The van der Waals surface area contributed by atoms with E-state index in [-0.39, 0.29) is 18.4 Å². The van der Waals surface area contributed by atoms with Gasteiger partial charge in [0, 0.05) is 17.9 Å². The Morgan fingerprint density at radius 3 is 2.62 bits per heavy atom. The number of aryl methyl sites for hydroxylation is 1. The highest BCUT2D eigenvalue weighted by Crippen LogP contribution is 2.52. The molecule has 160 valence electrons. The molecular formula is C23H32O6. The first-order valence-electron chi connectivity index (χ1n) is 10.6. The molecule has 6 heteroatoms. The van der Waals surface area contributed by atoms with E-state index in [1.165, 1.54) is 5.56 Å². The van der Waals surface area contributed by atoms with Gasteiger partial charge in [0.25, 0.3) is 0 Å². The molecule has 0 amide bonds. The van der Waals surface area contributed by atoms with E-state index in [9.17, 15) is 14.7 Å². The maximum atomic E-state index is 11.9. The average molecular weight is 405 g/mol. The van der Waals surface area contributed by atoms with Crippen LogP contribution in [0.5, 0.6) is 5.75 Å². The molecule has 2 heterocycles. The zero-order valence-electron chi connectivity index (χ0n) is 17.5. The zero-order chi connectivity index (χ0) is 21.2. The monoisotopic (exact) mass is 404 g/mol. The third-order valence-electron chi connectivity index (χ3n) is 6.31. The van der Waals surface area contributed by atoms with Crippen molar-refractivity contribution >= 4 is 11.9 Å². The van der Waals surface area contributed by atoms with Crippen molar-refractivity contribution in [1.82, 2.24) is 0 Å². The molecule has 0 aromatic heterocycles. The van der Waals surface area contributed by atoms with Crippen LogP contribution in [0.4, 0.5) is 0 Å². The summed E-state index contributed by atoms with van der Waals surface area (Å²) in [6, 6.07) is 6.25. The van der Waals surface area contributed by atoms with Gasteiger partial charge in [-0.25, -0.2) is 0 Å². The third kappa shape index (κ3) is 4.74. The topological polar surface area (TPSA) is 93.1 Å². The van der Waals surface area contributed by atoms with Gasteiger partial charge in [-0.3, -0.25) is 9.59 Å². The summed E-state index contributed by atoms with van der Waals surface area (Å²) in [4.78, 5) is 22.8. The van der Waals surface area contributed by atoms with Crippen LogP contribution in [0.25, 0.3) is 0 Å². The van der Waals surface area contributed by atoms with Crippen LogP contribution in [0, 0.1) is 11.8 Å². The van der Waals surface area contributed by atoms with Crippen molar-refractivity contribution in [2.24, 2.45) is 11.8 Å². The molecule has 4 atom stereocenters. The molecule has 0 spiro atoms. The van der Waals surface area contributed by atoms with Crippen LogP contribution in [-0.2, 0) is 20.7 Å². The van der Waals surface area contributed by atoms with Crippen LogP contribution in [0.15, 0.2) is 18.2 Å². The second-order valence-electron chi connectivity index (χ2n) is 8.85. The van der Waals surface area contributed by atoms with E-state index >= 15 is 0 Å². The molecule has 1 saturated heterocycles. The van der Waals surface area contributed by atoms with Gasteiger partial charge in [-0.1, -0.05) is 19.4 Å². The first-order chi connectivity index (χ1) is 13.7. The number of hydrogen-bond acceptors (Lipinski definition) is 4. The summed E-state index contributed by atoms with van der Waals surface area (Å²) in [5.74, 6) is -1.69. The molecular weight excluding hydrogens is 372 g/mol. The number of ether oxygens (including phenoxy) is 2. The molecule has 1 aromatic rings. The number of fused-ring (bicyclic) bond motifs is 3. The van der Waals surface area contributed by atoms with E-state index in [0.29, 0.717) is 19.3 Å². The van der Waals surface area contributed by atoms with Crippen molar-refractivity contribution in [3.05, 3.63) is 29.3 Å². The maximum absolute atomic E-state index is 11.9. The van der Waals surface area contributed by atoms with Crippen LogP contribution in [-0.4, -0.2) is 33.9 Å². The molecule has 2 aliphatic heterocycles. The van der Waals surface area contributed by atoms with Crippen molar-refractivity contribution in [2.45, 2.75) is 83.5 Å². The van der Waals surface area contributed by atoms with Crippen LogP contribution < -0.4 is 4.74 Å². The van der Waals surface area contributed by atoms with Crippen molar-refractivity contribution in [3.63, 3.8) is 0 Å². The number of hydrogen-bond donors (Lipinski definition) is 2. The predicted molar refractivity (Wildman–Crippen MR) is 108 cm³/mol. The molecule has 3 rings (SSSR count). The summed E-state index contributed by atoms with van der Waals surface area (Å²) in [7, 11) is 0. The summed E-state index contributed by atoms with van der Waals surface area (Å²) in [6.45, 7) is 6.15. The number of benzene rings is 1. The number of rotatable bonds is 8. The minimum atomic E-state index is -0.887. The number of aliphatic carboxylic acids is 2. The lowest BCUT2D eigenvalue weighted by Gasteiger charge is -2.50. The Labute approximate surface area is 172 Å². The minimum Gasteiger partial charge on any atom is -0.487 e. The lowest BCUT2D eigenvalue weighted by molar-refractivity contribution is -0.188. The Bertz CT molecular complexity index is 756. The Balaban J connectivity index is 1.89. The zero-order valence-corrected chi connectivity index (χ0v) is 17.5. The van der Waals surface area contributed by atoms with Gasteiger partial charge in [-0.05, 0) is 63.6 Å². The van der Waals surface area contributed by atoms with E-state index in [0.717, 1.165) is 30.6 Å². The van der Waals surface area contributed by atoms with E-state index in [1.54, 1.807) is 0 Å². The summed E-state index contributed by atoms with van der Waals surface area (Å²) in [5, 5.41) is 18.7. The third-order valence-corrected chi connectivity index (χ3v) is 6.31. The highest BCUT2D eigenvalue weighted by atomic mass is 16.5. The summed E-state index contributed by atoms with van der Waals surface area (Å²) in [6.07, 6.45) is 3.81. The molecule has 0 saturated carbocycles. The van der Waals surface area contributed by atoms with Crippen molar-refractivity contribution in [1.29, 1.82) is 0 Å². The fourth-order valence-electron chi connectivity index (χ4n) is 4.66. The average Bonchev–Trinajstić information content (AvgIpc) is 2.65. The summed E-state index contributed by atoms with van der Waals surface area (Å²) >= 11 is 0. The molecule has 0 radical (unpaired) electrons. The molecule has 6 nitrogen and oxygen atoms in total. The quantitative estimate of drug-likeness (QED) is 0.658. The summed E-state index contributed by atoms with van der Waals surface area (Å²) in [5.41, 5.74) is 1.69. The van der Waals surface area contributed by atoms with Crippen molar-refractivity contribution in [3.8, 4) is 5.75 Å². The van der Waals surface area contributed by atoms with Gasteiger partial charge in [-0.15, -0.1) is 0 Å². The Hall–Kier alpha value is -2.08. The minimum absolute atomic E-state index is 0.0205. The van der Waals surface area contributed by atoms with Crippen LogP contribution in [0.1, 0.15) is 76.5 Å². The van der Waals surface area contributed by atoms with Gasteiger partial charge < -0.3 is 19.7 Å². The first kappa shape index (κ1) is 21.6. The van der Waals surface area contributed by atoms with Gasteiger partial charge in [0.15, 0.2) is 0 Å². The van der Waals surface area contributed by atoms with Crippen LogP contribution >= 0.6 is 0 Å².